The Hall–Kier alpha value is -1.28. The standard InChI is InChI=1S/C18H26O3Si/c1-14-13-20-18(15-8-10-16(19-2)11-9-15)21-17(14)7-6-12-22(3,4)5/h8-11,14,17-18H,7,13H2,1-5H3/t14-,17+,18?/m1/s1. The molecule has 3 atom stereocenters. The van der Waals surface area contributed by atoms with E-state index >= 15 is 0 Å². The van der Waals surface area contributed by atoms with Gasteiger partial charge in [0.15, 0.2) is 6.29 Å². The third-order valence-corrected chi connectivity index (χ3v) is 4.52. The smallest absolute Gasteiger partial charge is 0.184 e. The first kappa shape index (κ1) is 17.1. The fourth-order valence-electron chi connectivity index (χ4n) is 2.28. The number of hydrogen-bond donors (Lipinski definition) is 0. The fraction of sp³-hybridized carbons (Fsp3) is 0.556. The predicted molar refractivity (Wildman–Crippen MR) is 91.5 cm³/mol. The van der Waals surface area contributed by atoms with E-state index in [0.29, 0.717) is 12.5 Å². The molecule has 120 valence electrons. The van der Waals surface area contributed by atoms with Crippen LogP contribution in [0.3, 0.4) is 0 Å². The van der Waals surface area contributed by atoms with Crippen LogP contribution in [0.2, 0.25) is 19.6 Å². The summed E-state index contributed by atoms with van der Waals surface area (Å²) in [5.74, 6) is 4.53. The van der Waals surface area contributed by atoms with Crippen molar-refractivity contribution in [2.24, 2.45) is 5.92 Å². The summed E-state index contributed by atoms with van der Waals surface area (Å²) < 4.78 is 17.1. The Balaban J connectivity index is 2.01. The molecule has 0 N–H and O–H groups in total. The number of benzene rings is 1. The van der Waals surface area contributed by atoms with Crippen LogP contribution in [-0.2, 0) is 9.47 Å². The van der Waals surface area contributed by atoms with Crippen molar-refractivity contribution in [3.8, 4) is 17.2 Å². The minimum Gasteiger partial charge on any atom is -0.497 e. The summed E-state index contributed by atoms with van der Waals surface area (Å²) in [6.07, 6.45) is 0.604. The summed E-state index contributed by atoms with van der Waals surface area (Å²) >= 11 is 0. The van der Waals surface area contributed by atoms with Crippen LogP contribution in [0.1, 0.15) is 25.2 Å². The van der Waals surface area contributed by atoms with Crippen LogP contribution >= 0.6 is 0 Å². The highest BCUT2D eigenvalue weighted by molar-refractivity contribution is 6.83. The van der Waals surface area contributed by atoms with Gasteiger partial charge in [0.25, 0.3) is 0 Å². The number of hydrogen-bond acceptors (Lipinski definition) is 3. The Morgan fingerprint density at radius 3 is 2.50 bits per heavy atom. The van der Waals surface area contributed by atoms with Crippen molar-refractivity contribution in [2.75, 3.05) is 13.7 Å². The van der Waals surface area contributed by atoms with Crippen LogP contribution in [0.5, 0.6) is 5.75 Å². The van der Waals surface area contributed by atoms with E-state index in [9.17, 15) is 0 Å². The second-order valence-corrected chi connectivity index (χ2v) is 11.6. The molecule has 1 saturated heterocycles. The largest absolute Gasteiger partial charge is 0.497 e. The van der Waals surface area contributed by atoms with E-state index in [1.807, 2.05) is 24.3 Å². The molecular formula is C18H26O3Si. The lowest BCUT2D eigenvalue weighted by molar-refractivity contribution is -0.236. The van der Waals surface area contributed by atoms with Gasteiger partial charge in [-0.3, -0.25) is 0 Å². The predicted octanol–water partition coefficient (Wildman–Crippen LogP) is 4.02. The second-order valence-electron chi connectivity index (χ2n) is 6.85. The van der Waals surface area contributed by atoms with Gasteiger partial charge in [0.1, 0.15) is 13.8 Å². The van der Waals surface area contributed by atoms with Crippen LogP contribution in [0.25, 0.3) is 0 Å². The van der Waals surface area contributed by atoms with Crippen molar-refractivity contribution in [3.05, 3.63) is 29.8 Å². The lowest BCUT2D eigenvalue weighted by Crippen LogP contribution is -2.34. The molecule has 3 nitrogen and oxygen atoms in total. The summed E-state index contributed by atoms with van der Waals surface area (Å²) in [6, 6.07) is 7.84. The molecule has 0 amide bonds. The zero-order chi connectivity index (χ0) is 16.2. The molecule has 22 heavy (non-hydrogen) atoms. The number of rotatable bonds is 3. The van der Waals surface area contributed by atoms with E-state index in [1.54, 1.807) is 7.11 Å². The molecule has 1 fully saturated rings. The summed E-state index contributed by atoms with van der Waals surface area (Å²) in [4.78, 5) is 0. The first-order chi connectivity index (χ1) is 10.4. The zero-order valence-electron chi connectivity index (χ0n) is 14.2. The molecule has 1 unspecified atom stereocenters. The third-order valence-electron chi connectivity index (χ3n) is 3.60. The van der Waals surface area contributed by atoms with Crippen molar-refractivity contribution >= 4 is 8.07 Å². The Morgan fingerprint density at radius 2 is 1.91 bits per heavy atom. The van der Waals surface area contributed by atoms with Gasteiger partial charge in [-0.15, -0.1) is 11.5 Å². The summed E-state index contributed by atoms with van der Waals surface area (Å²) in [6.45, 7) is 9.64. The van der Waals surface area contributed by atoms with Gasteiger partial charge in [-0.05, 0) is 12.1 Å². The van der Waals surface area contributed by atoms with Crippen LogP contribution in [0.4, 0.5) is 0 Å². The van der Waals surface area contributed by atoms with Crippen LogP contribution in [0.15, 0.2) is 24.3 Å². The summed E-state index contributed by atoms with van der Waals surface area (Å²) in [5, 5.41) is 0. The summed E-state index contributed by atoms with van der Waals surface area (Å²) in [5.41, 5.74) is 4.43. The maximum atomic E-state index is 6.12. The molecule has 1 aliphatic heterocycles. The van der Waals surface area contributed by atoms with Crippen molar-refractivity contribution in [3.63, 3.8) is 0 Å². The van der Waals surface area contributed by atoms with Gasteiger partial charge >= 0.3 is 0 Å². The first-order valence-corrected chi connectivity index (χ1v) is 11.3. The van der Waals surface area contributed by atoms with Gasteiger partial charge < -0.3 is 14.2 Å². The van der Waals surface area contributed by atoms with Gasteiger partial charge in [0.05, 0.1) is 19.8 Å². The average molecular weight is 318 g/mol. The first-order valence-electron chi connectivity index (χ1n) is 7.80. The van der Waals surface area contributed by atoms with E-state index < -0.39 is 8.07 Å². The molecule has 1 aromatic rings. The molecule has 0 saturated carbocycles. The normalized spacial score (nSPS) is 25.2. The van der Waals surface area contributed by atoms with Crippen molar-refractivity contribution < 1.29 is 14.2 Å². The minimum absolute atomic E-state index is 0.129. The Morgan fingerprint density at radius 1 is 1.23 bits per heavy atom. The van der Waals surface area contributed by atoms with Crippen LogP contribution in [0, 0.1) is 17.4 Å². The topological polar surface area (TPSA) is 27.7 Å². The van der Waals surface area contributed by atoms with Crippen molar-refractivity contribution in [1.82, 2.24) is 0 Å². The van der Waals surface area contributed by atoms with Gasteiger partial charge in [0.2, 0.25) is 0 Å². The molecule has 2 rings (SSSR count). The second kappa shape index (κ2) is 7.32. The highest BCUT2D eigenvalue weighted by Gasteiger charge is 2.29. The highest BCUT2D eigenvalue weighted by atomic mass is 28.3. The summed E-state index contributed by atoms with van der Waals surface area (Å²) in [7, 11) is 0.347. The Kier molecular flexibility index (Phi) is 5.68. The van der Waals surface area contributed by atoms with Crippen LogP contribution < -0.4 is 4.74 Å². The molecule has 4 heteroatoms. The van der Waals surface area contributed by atoms with Crippen molar-refractivity contribution in [1.29, 1.82) is 0 Å². The van der Waals surface area contributed by atoms with E-state index in [0.717, 1.165) is 17.7 Å². The Labute approximate surface area is 135 Å². The fourth-order valence-corrected chi connectivity index (χ4v) is 2.91. The van der Waals surface area contributed by atoms with Gasteiger partial charge in [-0.2, -0.15) is 0 Å². The number of ether oxygens (including phenoxy) is 3. The quantitative estimate of drug-likeness (QED) is 0.622. The average Bonchev–Trinajstić information content (AvgIpc) is 2.48. The van der Waals surface area contributed by atoms with Gasteiger partial charge in [0, 0.05) is 17.9 Å². The molecule has 0 bridgehead atoms. The lowest BCUT2D eigenvalue weighted by atomic mass is 10.0. The van der Waals surface area contributed by atoms with Crippen molar-refractivity contribution in [2.45, 2.75) is 45.4 Å². The highest BCUT2D eigenvalue weighted by Crippen LogP contribution is 2.31. The molecular weight excluding hydrogens is 292 g/mol. The number of methoxy groups -OCH3 is 1. The molecule has 1 aromatic carbocycles. The van der Waals surface area contributed by atoms with Gasteiger partial charge in [-0.25, -0.2) is 0 Å². The van der Waals surface area contributed by atoms with E-state index in [2.05, 4.69) is 38.0 Å². The van der Waals surface area contributed by atoms with E-state index in [1.165, 1.54) is 0 Å². The van der Waals surface area contributed by atoms with E-state index in [4.69, 9.17) is 14.2 Å². The molecule has 0 aromatic heterocycles. The third kappa shape index (κ3) is 4.87. The van der Waals surface area contributed by atoms with Crippen LogP contribution in [-0.4, -0.2) is 27.9 Å². The van der Waals surface area contributed by atoms with E-state index in [-0.39, 0.29) is 12.4 Å². The zero-order valence-corrected chi connectivity index (χ0v) is 15.2. The lowest BCUT2D eigenvalue weighted by Gasteiger charge is -2.34. The Bertz CT molecular complexity index is 536. The monoisotopic (exact) mass is 318 g/mol. The maximum absolute atomic E-state index is 6.12. The molecule has 1 aliphatic rings. The molecule has 0 aliphatic carbocycles. The SMILES string of the molecule is COc1ccc(C2OC[C@@H](C)[C@H](CC#C[Si](C)(C)C)O2)cc1. The maximum Gasteiger partial charge on any atom is 0.184 e. The molecule has 0 radical (unpaired) electrons. The molecule has 0 spiro atoms. The molecule has 1 heterocycles. The minimum atomic E-state index is -1.32. The van der Waals surface area contributed by atoms with Gasteiger partial charge in [-0.1, -0.05) is 38.7 Å².